The molecule has 1 fully saturated rings. The van der Waals surface area contributed by atoms with E-state index in [1.807, 2.05) is 19.1 Å². The summed E-state index contributed by atoms with van der Waals surface area (Å²) in [6.07, 6.45) is 0. The predicted octanol–water partition coefficient (Wildman–Crippen LogP) is 6.42. The van der Waals surface area contributed by atoms with Crippen LogP contribution in [0.15, 0.2) is 82.7 Å². The number of anilines is 1. The second kappa shape index (κ2) is 12.1. The van der Waals surface area contributed by atoms with E-state index >= 15 is 0 Å². The van der Waals surface area contributed by atoms with E-state index in [0.29, 0.717) is 27.5 Å². The van der Waals surface area contributed by atoms with Crippen LogP contribution < -0.4 is 9.64 Å². The van der Waals surface area contributed by atoms with Crippen molar-refractivity contribution in [2.24, 2.45) is 0 Å². The lowest BCUT2D eigenvalue weighted by atomic mass is 9.95. The van der Waals surface area contributed by atoms with E-state index in [9.17, 15) is 24.8 Å². The molecule has 4 aromatic rings. The summed E-state index contributed by atoms with van der Waals surface area (Å²) in [5.74, 6) is -1.17. The summed E-state index contributed by atoms with van der Waals surface area (Å²) in [7, 11) is 0. The highest BCUT2D eigenvalue weighted by Gasteiger charge is 2.48. The van der Waals surface area contributed by atoms with Crippen LogP contribution in [0.2, 0.25) is 5.02 Å². The Hall–Kier alpha value is -4.26. The molecule has 0 saturated carbocycles. The van der Waals surface area contributed by atoms with Crippen molar-refractivity contribution in [1.29, 1.82) is 0 Å². The Labute approximate surface area is 247 Å². The first kappa shape index (κ1) is 28.3. The van der Waals surface area contributed by atoms with Gasteiger partial charge in [-0.2, -0.15) is 0 Å². The van der Waals surface area contributed by atoms with Gasteiger partial charge in [-0.05, 0) is 54.4 Å². The quantitative estimate of drug-likeness (QED) is 0.0434. The minimum Gasteiger partial charge on any atom is -0.507 e. The number of nitro groups is 1. The molecule has 0 bridgehead atoms. The van der Waals surface area contributed by atoms with E-state index in [2.05, 4.69) is 10.2 Å². The largest absolute Gasteiger partial charge is 0.507 e. The molecule has 3 aromatic carbocycles. The number of carbonyl (C=O) groups is 2. The summed E-state index contributed by atoms with van der Waals surface area (Å²) in [5, 5.41) is 31.9. The third-order valence-electron chi connectivity index (χ3n) is 6.16. The minimum atomic E-state index is -1.18. The first-order chi connectivity index (χ1) is 19.8. The van der Waals surface area contributed by atoms with Crippen molar-refractivity contribution in [2.75, 3.05) is 11.5 Å². The van der Waals surface area contributed by atoms with Gasteiger partial charge in [0.1, 0.15) is 11.5 Å². The smallest absolute Gasteiger partial charge is 0.301 e. The Bertz CT molecular complexity index is 1660. The van der Waals surface area contributed by atoms with E-state index < -0.39 is 28.4 Å². The normalized spacial score (nSPS) is 16.2. The number of benzene rings is 3. The lowest BCUT2D eigenvalue weighted by molar-refractivity contribution is -0.384. The van der Waals surface area contributed by atoms with Gasteiger partial charge < -0.3 is 9.84 Å². The molecule has 1 aromatic heterocycles. The van der Waals surface area contributed by atoms with E-state index in [1.165, 1.54) is 30.0 Å². The van der Waals surface area contributed by atoms with Crippen LogP contribution in [0, 0.1) is 10.1 Å². The molecule has 1 atom stereocenters. The van der Waals surface area contributed by atoms with E-state index in [4.69, 9.17) is 16.3 Å². The Morgan fingerprint density at radius 2 is 1.85 bits per heavy atom. The number of nitrogens with zero attached hydrogens (tertiary/aromatic N) is 4. The van der Waals surface area contributed by atoms with Gasteiger partial charge in [0.15, 0.2) is 4.34 Å². The van der Waals surface area contributed by atoms with Crippen molar-refractivity contribution in [3.8, 4) is 5.75 Å². The van der Waals surface area contributed by atoms with Crippen molar-refractivity contribution in [3.05, 3.63) is 110 Å². The van der Waals surface area contributed by atoms with Gasteiger partial charge in [0.2, 0.25) is 5.13 Å². The Morgan fingerprint density at radius 3 is 2.54 bits per heavy atom. The number of nitro benzene ring substituents is 1. The minimum absolute atomic E-state index is 0.118. The maximum absolute atomic E-state index is 13.4. The summed E-state index contributed by atoms with van der Waals surface area (Å²) in [6.45, 7) is 2.29. The van der Waals surface area contributed by atoms with E-state index in [0.717, 1.165) is 21.8 Å². The van der Waals surface area contributed by atoms with Crippen LogP contribution in [0.25, 0.3) is 5.76 Å². The van der Waals surface area contributed by atoms with Crippen molar-refractivity contribution < 1.29 is 24.4 Å². The molecule has 1 saturated heterocycles. The van der Waals surface area contributed by atoms with E-state index in [-0.39, 0.29) is 27.5 Å². The highest BCUT2D eigenvalue weighted by Crippen LogP contribution is 2.44. The lowest BCUT2D eigenvalue weighted by Gasteiger charge is -2.22. The molecular weight excluding hydrogens is 588 g/mol. The summed E-state index contributed by atoms with van der Waals surface area (Å²) in [5.41, 5.74) is 1.09. The maximum atomic E-state index is 13.4. The van der Waals surface area contributed by atoms with Gasteiger partial charge in [-0.3, -0.25) is 24.6 Å². The number of hydrogen-bond acceptors (Lipinski definition) is 10. The van der Waals surface area contributed by atoms with Gasteiger partial charge >= 0.3 is 5.91 Å². The topological polar surface area (TPSA) is 136 Å². The monoisotopic (exact) mass is 608 g/mol. The molecule has 1 aliphatic heterocycles. The molecule has 0 radical (unpaired) electrons. The van der Waals surface area contributed by atoms with Gasteiger partial charge in [-0.25, -0.2) is 0 Å². The molecular formula is C28H21ClN4O6S2. The highest BCUT2D eigenvalue weighted by molar-refractivity contribution is 8.00. The second-order valence-corrected chi connectivity index (χ2v) is 11.4. The Morgan fingerprint density at radius 1 is 1.12 bits per heavy atom. The maximum Gasteiger partial charge on any atom is 0.301 e. The number of aliphatic hydroxyl groups excluding tert-OH is 1. The Kier molecular flexibility index (Phi) is 8.34. The fourth-order valence-electron chi connectivity index (χ4n) is 4.27. The van der Waals surface area contributed by atoms with Crippen LogP contribution in [0.1, 0.15) is 29.7 Å². The number of thioether (sulfide) groups is 1. The summed E-state index contributed by atoms with van der Waals surface area (Å²) < 4.78 is 5.99. The third kappa shape index (κ3) is 5.94. The number of Topliss-reactive ketones (excluding diaryl/α,β-unsaturated/α-hetero) is 1. The second-order valence-electron chi connectivity index (χ2n) is 8.74. The van der Waals surface area contributed by atoms with Crippen LogP contribution in [-0.2, 0) is 15.3 Å². The zero-order chi connectivity index (χ0) is 29.1. The van der Waals surface area contributed by atoms with Gasteiger partial charge in [0.25, 0.3) is 11.5 Å². The van der Waals surface area contributed by atoms with E-state index in [1.54, 1.807) is 42.5 Å². The van der Waals surface area contributed by atoms with Gasteiger partial charge in [0, 0.05) is 28.5 Å². The summed E-state index contributed by atoms with van der Waals surface area (Å²) >= 11 is 8.44. The predicted molar refractivity (Wildman–Crippen MR) is 156 cm³/mol. The van der Waals surface area contributed by atoms with Gasteiger partial charge in [-0.1, -0.05) is 59.0 Å². The zero-order valence-corrected chi connectivity index (χ0v) is 23.8. The van der Waals surface area contributed by atoms with Crippen molar-refractivity contribution in [2.45, 2.75) is 23.1 Å². The summed E-state index contributed by atoms with van der Waals surface area (Å²) in [4.78, 5) is 38.9. The zero-order valence-electron chi connectivity index (χ0n) is 21.4. The van der Waals surface area contributed by atoms with Crippen LogP contribution in [0.4, 0.5) is 10.8 Å². The van der Waals surface area contributed by atoms with Gasteiger partial charge in [-0.15, -0.1) is 10.2 Å². The first-order valence-corrected chi connectivity index (χ1v) is 14.4. The molecule has 0 aliphatic carbocycles. The number of aliphatic hydroxyl groups is 1. The number of non-ortho nitro benzene ring substituents is 1. The number of aromatic nitrogens is 2. The molecule has 5 rings (SSSR count). The molecule has 0 spiro atoms. The number of amides is 1. The number of ether oxygens (including phenoxy) is 1. The molecule has 1 unspecified atom stereocenters. The molecule has 10 nitrogen and oxygen atoms in total. The first-order valence-electron chi connectivity index (χ1n) is 12.3. The lowest BCUT2D eigenvalue weighted by Crippen LogP contribution is -2.29. The van der Waals surface area contributed by atoms with Crippen LogP contribution in [0.5, 0.6) is 5.75 Å². The van der Waals surface area contributed by atoms with Crippen LogP contribution in [0.3, 0.4) is 0 Å². The average Bonchev–Trinajstić information content (AvgIpc) is 3.55. The fourth-order valence-corrected chi connectivity index (χ4v) is 6.22. The molecule has 2 heterocycles. The third-order valence-corrected chi connectivity index (χ3v) is 8.54. The fraction of sp³-hybridized carbons (Fsp3) is 0.143. The highest BCUT2D eigenvalue weighted by atomic mass is 35.5. The number of carbonyl (C=O) groups excluding carboxylic acids is 2. The van der Waals surface area contributed by atoms with Crippen molar-refractivity contribution in [1.82, 2.24) is 10.2 Å². The van der Waals surface area contributed by atoms with Crippen molar-refractivity contribution in [3.63, 3.8) is 0 Å². The van der Waals surface area contributed by atoms with Crippen molar-refractivity contribution >= 4 is 63.0 Å². The average molecular weight is 609 g/mol. The molecule has 1 N–H and O–H groups in total. The molecule has 41 heavy (non-hydrogen) atoms. The molecule has 208 valence electrons. The van der Waals surface area contributed by atoms with Crippen LogP contribution in [-0.4, -0.2) is 38.5 Å². The van der Waals surface area contributed by atoms with Crippen LogP contribution >= 0.6 is 34.7 Å². The number of halogens is 1. The number of hydrogen-bond donors (Lipinski definition) is 1. The summed E-state index contributed by atoms with van der Waals surface area (Å²) in [6, 6.07) is 18.1. The number of rotatable bonds is 9. The van der Waals surface area contributed by atoms with Gasteiger partial charge in [0.05, 0.1) is 23.1 Å². The SMILES string of the molecule is CCOc1ccc(/C(O)=C2/C(=O)C(=O)N(c3nnc(SCc4ccc(Cl)cc4)s3)C2c2cccc([N+](=O)[O-])c2)cc1. The number of ketones is 1. The standard InChI is InChI=1S/C28H21ClN4O6S2/c1-2-39-21-12-8-17(9-13-21)24(34)22-23(18-4-3-5-20(14-18)33(37)38)32(26(36)25(22)35)27-30-31-28(41-27)40-15-16-6-10-19(29)11-7-16/h3-14,23,34H,2,15H2,1H3/b24-22-. The molecule has 13 heteroatoms. The molecule has 1 amide bonds. The Balaban J connectivity index is 1.55. The molecule has 1 aliphatic rings.